The third-order valence-corrected chi connectivity index (χ3v) is 2.81. The highest BCUT2D eigenvalue weighted by Crippen LogP contribution is 2.21. The minimum Gasteiger partial charge on any atom is -0.382 e. The number of nitrogens with one attached hydrogen (secondary N) is 1. The molecule has 0 fully saturated rings. The molecule has 2 amide bonds. The Hall–Kier alpha value is -1.76. The molecule has 0 aromatic heterocycles. The van der Waals surface area contributed by atoms with Crippen molar-refractivity contribution in [1.82, 2.24) is 4.90 Å². The number of anilines is 1. The number of benzene rings is 1. The van der Waals surface area contributed by atoms with Crippen LogP contribution in [0, 0.1) is 0 Å². The second kappa shape index (κ2) is 6.60. The maximum Gasteiger partial charge on any atom is 0.416 e. The zero-order chi connectivity index (χ0) is 15.3. The van der Waals surface area contributed by atoms with Crippen LogP contribution in [0.5, 0.6) is 0 Å². The van der Waals surface area contributed by atoms with Crippen LogP contribution in [0.25, 0.3) is 0 Å². The SMILES string of the molecule is CCc1ccccc1NC(=O)N(C)CC(O)C(F)(F)F. The van der Waals surface area contributed by atoms with Crippen molar-refractivity contribution < 1.29 is 23.1 Å². The van der Waals surface area contributed by atoms with Gasteiger partial charge in [0.2, 0.25) is 0 Å². The minimum atomic E-state index is -4.74. The second-order valence-corrected chi connectivity index (χ2v) is 4.38. The van der Waals surface area contributed by atoms with Crippen molar-refractivity contribution >= 4 is 11.7 Å². The molecule has 20 heavy (non-hydrogen) atoms. The molecule has 1 atom stereocenters. The number of halogens is 3. The van der Waals surface area contributed by atoms with Gasteiger partial charge in [-0.1, -0.05) is 25.1 Å². The summed E-state index contributed by atoms with van der Waals surface area (Å²) in [6.07, 6.45) is -6.61. The minimum absolute atomic E-state index is 0.549. The number of carbonyl (C=O) groups excluding carboxylic acids is 1. The molecule has 1 rings (SSSR count). The van der Waals surface area contributed by atoms with E-state index in [9.17, 15) is 18.0 Å². The van der Waals surface area contributed by atoms with Gasteiger partial charge in [0.25, 0.3) is 0 Å². The maximum atomic E-state index is 12.2. The summed E-state index contributed by atoms with van der Waals surface area (Å²) in [6, 6.07) is 6.32. The molecule has 0 saturated carbocycles. The zero-order valence-corrected chi connectivity index (χ0v) is 11.2. The average Bonchev–Trinajstić information content (AvgIpc) is 2.38. The summed E-state index contributed by atoms with van der Waals surface area (Å²) in [4.78, 5) is 12.6. The third kappa shape index (κ3) is 4.41. The Labute approximate surface area is 115 Å². The lowest BCUT2D eigenvalue weighted by Gasteiger charge is -2.23. The number of alkyl halides is 3. The summed E-state index contributed by atoms with van der Waals surface area (Å²) in [7, 11) is 1.19. The summed E-state index contributed by atoms with van der Waals surface area (Å²) >= 11 is 0. The lowest BCUT2D eigenvalue weighted by atomic mass is 10.1. The predicted octanol–water partition coefficient (Wildman–Crippen LogP) is 2.64. The summed E-state index contributed by atoms with van der Waals surface area (Å²) in [5.74, 6) is 0. The number of rotatable bonds is 4. The Morgan fingerprint density at radius 3 is 2.55 bits per heavy atom. The van der Waals surface area contributed by atoms with E-state index in [-0.39, 0.29) is 0 Å². The molecule has 0 aliphatic carbocycles. The van der Waals surface area contributed by atoms with E-state index in [1.807, 2.05) is 19.1 Å². The van der Waals surface area contributed by atoms with Gasteiger partial charge in [-0.3, -0.25) is 0 Å². The molecule has 1 aromatic carbocycles. The Kier molecular flexibility index (Phi) is 5.38. The van der Waals surface area contributed by atoms with Crippen LogP contribution in [-0.4, -0.2) is 41.9 Å². The van der Waals surface area contributed by atoms with Crippen molar-refractivity contribution in [2.45, 2.75) is 25.6 Å². The van der Waals surface area contributed by atoms with Crippen LogP contribution in [0.15, 0.2) is 24.3 Å². The number of amides is 2. The first-order valence-electron chi connectivity index (χ1n) is 6.10. The summed E-state index contributed by atoms with van der Waals surface area (Å²) in [6.45, 7) is 1.09. The normalized spacial score (nSPS) is 12.9. The van der Waals surface area contributed by atoms with Gasteiger partial charge >= 0.3 is 12.2 Å². The topological polar surface area (TPSA) is 52.6 Å². The number of aryl methyl sites for hydroxylation is 1. The lowest BCUT2D eigenvalue weighted by Crippen LogP contribution is -2.43. The van der Waals surface area contributed by atoms with Gasteiger partial charge in [-0.2, -0.15) is 13.2 Å². The van der Waals surface area contributed by atoms with Crippen LogP contribution in [-0.2, 0) is 6.42 Å². The van der Waals surface area contributed by atoms with Gasteiger partial charge in [0.05, 0.1) is 6.54 Å². The van der Waals surface area contributed by atoms with E-state index in [0.717, 1.165) is 10.5 Å². The molecule has 1 unspecified atom stereocenters. The van der Waals surface area contributed by atoms with Gasteiger partial charge in [0, 0.05) is 12.7 Å². The molecule has 7 heteroatoms. The molecular weight excluding hydrogens is 273 g/mol. The number of aliphatic hydroxyl groups is 1. The molecule has 0 bridgehead atoms. The molecule has 0 aliphatic heterocycles. The number of carbonyl (C=O) groups is 1. The molecule has 0 saturated heterocycles. The van der Waals surface area contributed by atoms with Crippen LogP contribution in [0.3, 0.4) is 0 Å². The van der Waals surface area contributed by atoms with Crippen molar-refractivity contribution in [3.63, 3.8) is 0 Å². The highest BCUT2D eigenvalue weighted by molar-refractivity contribution is 5.90. The fourth-order valence-electron chi connectivity index (χ4n) is 1.61. The van der Waals surface area contributed by atoms with Crippen molar-refractivity contribution in [3.05, 3.63) is 29.8 Å². The fraction of sp³-hybridized carbons (Fsp3) is 0.462. The van der Waals surface area contributed by atoms with Crippen LogP contribution in [0.4, 0.5) is 23.7 Å². The zero-order valence-electron chi connectivity index (χ0n) is 11.2. The molecule has 4 nitrogen and oxygen atoms in total. The number of hydrogen-bond acceptors (Lipinski definition) is 2. The standard InChI is InChI=1S/C13H17F3N2O2/c1-3-9-6-4-5-7-10(9)17-12(20)18(2)8-11(19)13(14,15)16/h4-7,11,19H,3,8H2,1-2H3,(H,17,20). The number of aliphatic hydroxyl groups excluding tert-OH is 1. The maximum absolute atomic E-state index is 12.2. The van der Waals surface area contributed by atoms with E-state index in [4.69, 9.17) is 5.11 Å². The largest absolute Gasteiger partial charge is 0.416 e. The Morgan fingerprint density at radius 1 is 1.40 bits per heavy atom. The molecular formula is C13H17F3N2O2. The van der Waals surface area contributed by atoms with Crippen LogP contribution >= 0.6 is 0 Å². The quantitative estimate of drug-likeness (QED) is 0.895. The third-order valence-electron chi connectivity index (χ3n) is 2.81. The molecule has 1 aromatic rings. The number of likely N-dealkylation sites (N-methyl/N-ethyl adjacent to an activating group) is 1. The van der Waals surface area contributed by atoms with Crippen molar-refractivity contribution in [1.29, 1.82) is 0 Å². The molecule has 112 valence electrons. The summed E-state index contributed by atoms with van der Waals surface area (Å²) in [5.41, 5.74) is 1.43. The lowest BCUT2D eigenvalue weighted by molar-refractivity contribution is -0.205. The van der Waals surface area contributed by atoms with Crippen molar-refractivity contribution in [2.75, 3.05) is 18.9 Å². The number of urea groups is 1. The van der Waals surface area contributed by atoms with Crippen LogP contribution in [0.1, 0.15) is 12.5 Å². The van der Waals surface area contributed by atoms with Crippen LogP contribution < -0.4 is 5.32 Å². The first-order chi connectivity index (χ1) is 9.25. The molecule has 0 radical (unpaired) electrons. The van der Waals surface area contributed by atoms with E-state index < -0.39 is 24.9 Å². The molecule has 2 N–H and O–H groups in total. The highest BCUT2D eigenvalue weighted by Gasteiger charge is 2.39. The van der Waals surface area contributed by atoms with E-state index in [0.29, 0.717) is 12.1 Å². The number of para-hydroxylation sites is 1. The molecule has 0 spiro atoms. The van der Waals surface area contributed by atoms with Crippen molar-refractivity contribution in [2.24, 2.45) is 0 Å². The van der Waals surface area contributed by atoms with E-state index in [1.54, 1.807) is 12.1 Å². The molecule has 0 heterocycles. The fourth-order valence-corrected chi connectivity index (χ4v) is 1.61. The second-order valence-electron chi connectivity index (χ2n) is 4.38. The predicted molar refractivity (Wildman–Crippen MR) is 69.5 cm³/mol. The van der Waals surface area contributed by atoms with Gasteiger partial charge in [0.1, 0.15) is 0 Å². The number of nitrogens with zero attached hydrogens (tertiary/aromatic N) is 1. The van der Waals surface area contributed by atoms with Gasteiger partial charge in [-0.25, -0.2) is 4.79 Å². The van der Waals surface area contributed by atoms with E-state index >= 15 is 0 Å². The summed E-state index contributed by atoms with van der Waals surface area (Å²) in [5, 5.41) is 11.5. The van der Waals surface area contributed by atoms with E-state index in [2.05, 4.69) is 5.32 Å². The van der Waals surface area contributed by atoms with Crippen LogP contribution in [0.2, 0.25) is 0 Å². The summed E-state index contributed by atoms with van der Waals surface area (Å²) < 4.78 is 36.6. The van der Waals surface area contributed by atoms with Gasteiger partial charge in [-0.05, 0) is 18.1 Å². The highest BCUT2D eigenvalue weighted by atomic mass is 19.4. The smallest absolute Gasteiger partial charge is 0.382 e. The van der Waals surface area contributed by atoms with Crippen molar-refractivity contribution in [3.8, 4) is 0 Å². The molecule has 0 aliphatic rings. The van der Waals surface area contributed by atoms with Gasteiger partial charge in [0.15, 0.2) is 6.10 Å². The Morgan fingerprint density at radius 2 is 2.00 bits per heavy atom. The first kappa shape index (κ1) is 16.3. The monoisotopic (exact) mass is 290 g/mol. The number of hydrogen-bond donors (Lipinski definition) is 2. The van der Waals surface area contributed by atoms with Gasteiger partial charge < -0.3 is 15.3 Å². The first-order valence-corrected chi connectivity index (χ1v) is 6.10. The Bertz CT molecular complexity index is 463. The van der Waals surface area contributed by atoms with E-state index in [1.165, 1.54) is 7.05 Å². The average molecular weight is 290 g/mol. The van der Waals surface area contributed by atoms with Gasteiger partial charge in [-0.15, -0.1) is 0 Å². The Balaban J connectivity index is 2.67.